The lowest BCUT2D eigenvalue weighted by molar-refractivity contribution is 1.56. The largest absolute Gasteiger partial charge is 0.332 e. The molecule has 0 fully saturated rings. The van der Waals surface area contributed by atoms with E-state index in [9.17, 15) is 0 Å². The molecule has 0 radical (unpaired) electrons. The Morgan fingerprint density at radius 3 is 0.929 bits per heavy atom. The van der Waals surface area contributed by atoms with Gasteiger partial charge in [0.1, 0.15) is 0 Å². The summed E-state index contributed by atoms with van der Waals surface area (Å²) in [5.41, 5.74) is 3.60. The van der Waals surface area contributed by atoms with E-state index in [1.165, 1.54) is 0 Å². The van der Waals surface area contributed by atoms with Gasteiger partial charge in [0.2, 0.25) is 0 Å². The fourth-order valence-electron chi connectivity index (χ4n) is 2.29. The van der Waals surface area contributed by atoms with Crippen LogP contribution in [-0.2, 0) is 0 Å². The molecule has 0 aliphatic carbocycles. The number of rotatable bonds is 4. The first-order valence-corrected chi connectivity index (χ1v) is 10.7. The van der Waals surface area contributed by atoms with Gasteiger partial charge in [-0.05, 0) is 97.2 Å². The zero-order valence-electron chi connectivity index (χ0n) is 14.5. The number of benzene rings is 3. The summed E-state index contributed by atoms with van der Waals surface area (Å²) in [6.45, 7) is 0. The molecule has 0 unspecified atom stereocenters. The Kier molecular flexibility index (Phi) is 7.38. The van der Waals surface area contributed by atoms with E-state index in [-0.39, 0.29) is 0 Å². The highest BCUT2D eigenvalue weighted by Crippen LogP contribution is 2.18. The lowest BCUT2D eigenvalue weighted by Crippen LogP contribution is -2.20. The molecule has 0 amide bonds. The molecule has 0 aliphatic heterocycles. The standard InChI is InChI=1S/C20H16Br2N4S2/c21-13-1-5-15(6-2-13)23-19(27)25-17-9-11-18(12-10-17)26-20(28)24-16-7-3-14(22)4-8-16/h1-12H,(H2,23,25,27)(H2,24,26,28). The van der Waals surface area contributed by atoms with E-state index in [0.29, 0.717) is 10.2 Å². The van der Waals surface area contributed by atoms with E-state index in [0.717, 1.165) is 31.7 Å². The van der Waals surface area contributed by atoms with Gasteiger partial charge in [0, 0.05) is 31.7 Å². The molecule has 4 nitrogen and oxygen atoms in total. The van der Waals surface area contributed by atoms with Crippen molar-refractivity contribution >= 4 is 89.3 Å². The lowest BCUT2D eigenvalue weighted by atomic mass is 10.3. The fraction of sp³-hybridized carbons (Fsp3) is 0. The first-order chi connectivity index (χ1) is 13.5. The minimum Gasteiger partial charge on any atom is -0.332 e. The predicted octanol–water partition coefficient (Wildman–Crippen LogP) is 6.83. The predicted molar refractivity (Wildman–Crippen MR) is 134 cm³/mol. The Hall–Kier alpha value is -2.00. The van der Waals surface area contributed by atoms with E-state index in [4.69, 9.17) is 24.4 Å². The monoisotopic (exact) mass is 534 g/mol. The second kappa shape index (κ2) is 9.97. The van der Waals surface area contributed by atoms with Crippen molar-refractivity contribution in [3.8, 4) is 0 Å². The van der Waals surface area contributed by atoms with E-state index < -0.39 is 0 Å². The molecular formula is C20H16Br2N4S2. The molecule has 0 saturated heterocycles. The van der Waals surface area contributed by atoms with Crippen LogP contribution in [0, 0.1) is 0 Å². The number of halogens is 2. The summed E-state index contributed by atoms with van der Waals surface area (Å²) in [5.74, 6) is 0. The summed E-state index contributed by atoms with van der Waals surface area (Å²) in [7, 11) is 0. The second-order valence-electron chi connectivity index (χ2n) is 5.75. The average molecular weight is 536 g/mol. The lowest BCUT2D eigenvalue weighted by Gasteiger charge is -2.13. The van der Waals surface area contributed by atoms with Gasteiger partial charge in [-0.2, -0.15) is 0 Å². The summed E-state index contributed by atoms with van der Waals surface area (Å²) in [6, 6.07) is 23.3. The molecule has 0 bridgehead atoms. The number of thiocarbonyl (C=S) groups is 2. The van der Waals surface area contributed by atoms with Crippen LogP contribution in [0.3, 0.4) is 0 Å². The van der Waals surface area contributed by atoms with Gasteiger partial charge in [-0.1, -0.05) is 31.9 Å². The van der Waals surface area contributed by atoms with Crippen molar-refractivity contribution in [1.82, 2.24) is 0 Å². The number of hydrogen-bond acceptors (Lipinski definition) is 2. The van der Waals surface area contributed by atoms with E-state index in [1.807, 2.05) is 72.8 Å². The van der Waals surface area contributed by atoms with Gasteiger partial charge in [-0.3, -0.25) is 0 Å². The van der Waals surface area contributed by atoms with Crippen LogP contribution in [0.4, 0.5) is 22.7 Å². The summed E-state index contributed by atoms with van der Waals surface area (Å²) in [6.07, 6.45) is 0. The van der Waals surface area contributed by atoms with Crippen LogP contribution in [-0.4, -0.2) is 10.2 Å². The Bertz CT molecular complexity index is 879. The summed E-state index contributed by atoms with van der Waals surface area (Å²) in [4.78, 5) is 0. The maximum Gasteiger partial charge on any atom is 0.175 e. The topological polar surface area (TPSA) is 48.1 Å². The van der Waals surface area contributed by atoms with Gasteiger partial charge in [-0.15, -0.1) is 0 Å². The molecule has 142 valence electrons. The van der Waals surface area contributed by atoms with Crippen LogP contribution in [0.5, 0.6) is 0 Å². The minimum absolute atomic E-state index is 0.524. The van der Waals surface area contributed by atoms with Crippen molar-refractivity contribution in [3.63, 3.8) is 0 Å². The van der Waals surface area contributed by atoms with Crippen molar-refractivity contribution in [2.75, 3.05) is 21.3 Å². The molecule has 0 aromatic heterocycles. The van der Waals surface area contributed by atoms with Crippen LogP contribution in [0.1, 0.15) is 0 Å². The first-order valence-electron chi connectivity index (χ1n) is 8.25. The Labute approximate surface area is 191 Å². The van der Waals surface area contributed by atoms with Crippen LogP contribution in [0.25, 0.3) is 0 Å². The third kappa shape index (κ3) is 6.56. The molecule has 0 heterocycles. The molecule has 0 spiro atoms. The zero-order valence-corrected chi connectivity index (χ0v) is 19.3. The summed E-state index contributed by atoms with van der Waals surface area (Å²) in [5, 5.41) is 13.7. The third-order valence-electron chi connectivity index (χ3n) is 3.60. The van der Waals surface area contributed by atoms with Crippen LogP contribution < -0.4 is 21.3 Å². The van der Waals surface area contributed by atoms with Gasteiger partial charge in [0.05, 0.1) is 0 Å². The van der Waals surface area contributed by atoms with Gasteiger partial charge in [0.15, 0.2) is 10.2 Å². The Morgan fingerprint density at radius 1 is 0.464 bits per heavy atom. The zero-order chi connectivity index (χ0) is 19.9. The quantitative estimate of drug-likeness (QED) is 0.275. The van der Waals surface area contributed by atoms with Gasteiger partial charge in [0.25, 0.3) is 0 Å². The molecule has 3 aromatic carbocycles. The summed E-state index contributed by atoms with van der Waals surface area (Å²) >= 11 is 17.5. The molecular weight excluding hydrogens is 520 g/mol. The van der Waals surface area contributed by atoms with E-state index in [1.54, 1.807) is 0 Å². The number of nitrogens with one attached hydrogen (secondary N) is 4. The average Bonchev–Trinajstić information content (AvgIpc) is 2.67. The van der Waals surface area contributed by atoms with Crippen molar-refractivity contribution in [3.05, 3.63) is 81.7 Å². The SMILES string of the molecule is S=C(Nc1ccc(Br)cc1)Nc1ccc(NC(=S)Nc2ccc(Br)cc2)cc1. The molecule has 28 heavy (non-hydrogen) atoms. The second-order valence-corrected chi connectivity index (χ2v) is 8.40. The highest BCUT2D eigenvalue weighted by molar-refractivity contribution is 9.10. The minimum atomic E-state index is 0.524. The third-order valence-corrected chi connectivity index (χ3v) is 5.07. The van der Waals surface area contributed by atoms with Crippen LogP contribution >= 0.6 is 56.3 Å². The first kappa shape index (κ1) is 20.7. The summed E-state index contributed by atoms with van der Waals surface area (Å²) < 4.78 is 2.04. The van der Waals surface area contributed by atoms with Crippen molar-refractivity contribution < 1.29 is 0 Å². The molecule has 4 N–H and O–H groups in total. The molecule has 3 aromatic rings. The van der Waals surface area contributed by atoms with Crippen molar-refractivity contribution in [2.45, 2.75) is 0 Å². The van der Waals surface area contributed by atoms with Crippen molar-refractivity contribution in [1.29, 1.82) is 0 Å². The number of hydrogen-bond donors (Lipinski definition) is 4. The van der Waals surface area contributed by atoms with Gasteiger partial charge in [-0.25, -0.2) is 0 Å². The normalized spacial score (nSPS) is 10.1. The van der Waals surface area contributed by atoms with E-state index >= 15 is 0 Å². The molecule has 0 aliphatic rings. The Morgan fingerprint density at radius 2 is 0.679 bits per heavy atom. The molecule has 0 atom stereocenters. The van der Waals surface area contributed by atoms with Crippen molar-refractivity contribution in [2.24, 2.45) is 0 Å². The van der Waals surface area contributed by atoms with Gasteiger partial charge < -0.3 is 21.3 Å². The van der Waals surface area contributed by atoms with Crippen LogP contribution in [0.2, 0.25) is 0 Å². The maximum atomic E-state index is 5.35. The highest BCUT2D eigenvalue weighted by Gasteiger charge is 2.02. The molecule has 3 rings (SSSR count). The Balaban J connectivity index is 1.51. The van der Waals surface area contributed by atoms with Crippen LogP contribution in [0.15, 0.2) is 81.7 Å². The highest BCUT2D eigenvalue weighted by atomic mass is 79.9. The molecule has 8 heteroatoms. The van der Waals surface area contributed by atoms with Gasteiger partial charge >= 0.3 is 0 Å². The van der Waals surface area contributed by atoms with E-state index in [2.05, 4.69) is 53.1 Å². The molecule has 0 saturated carbocycles. The smallest absolute Gasteiger partial charge is 0.175 e. The number of anilines is 4. The fourth-order valence-corrected chi connectivity index (χ4v) is 3.29. The maximum absolute atomic E-state index is 5.35.